The molecular formula is C28H22Cl3N3O3. The van der Waals surface area contributed by atoms with Gasteiger partial charge in [0.2, 0.25) is 0 Å². The minimum atomic E-state index is -1.13. The highest BCUT2D eigenvalue weighted by Crippen LogP contribution is 2.56. The molecule has 2 fully saturated rings. The van der Waals surface area contributed by atoms with Crippen LogP contribution in [0.3, 0.4) is 0 Å². The summed E-state index contributed by atoms with van der Waals surface area (Å²) in [5, 5.41) is 19.2. The molecule has 4 aromatic rings. The molecule has 1 N–H and O–H groups in total. The maximum absolute atomic E-state index is 11.1. The molecule has 0 aliphatic heterocycles. The second kappa shape index (κ2) is 9.67. The van der Waals surface area contributed by atoms with E-state index in [0.717, 1.165) is 30.4 Å². The highest BCUT2D eigenvalue weighted by molar-refractivity contribution is 6.39. The third-order valence-corrected chi connectivity index (χ3v) is 7.83. The molecular weight excluding hydrogens is 533 g/mol. The van der Waals surface area contributed by atoms with Gasteiger partial charge in [0.15, 0.2) is 0 Å². The van der Waals surface area contributed by atoms with Crippen LogP contribution in [-0.4, -0.2) is 26.1 Å². The highest BCUT2D eigenvalue weighted by atomic mass is 35.5. The Balaban J connectivity index is 1.23. The van der Waals surface area contributed by atoms with Gasteiger partial charge in [0, 0.05) is 10.6 Å². The SMILES string of the molecule is [2H]C(Oc1ccc(C2CC2c2ccc(C(=O)O)cc2)c(Cl)c1)c1c(-c2c(Cl)cccc2Cl)nnn1C1CC1. The summed E-state index contributed by atoms with van der Waals surface area (Å²) in [6.07, 6.45) is 2.85. The van der Waals surface area contributed by atoms with E-state index in [1.165, 1.54) is 0 Å². The summed E-state index contributed by atoms with van der Waals surface area (Å²) < 4.78 is 16.7. The van der Waals surface area contributed by atoms with Gasteiger partial charge in [-0.3, -0.25) is 0 Å². The van der Waals surface area contributed by atoms with Crippen LogP contribution in [0, 0.1) is 0 Å². The number of hydrogen-bond acceptors (Lipinski definition) is 4. The van der Waals surface area contributed by atoms with Crippen molar-refractivity contribution in [3.63, 3.8) is 0 Å². The average molecular weight is 556 g/mol. The zero-order valence-corrected chi connectivity index (χ0v) is 21.7. The van der Waals surface area contributed by atoms with Crippen molar-refractivity contribution in [2.75, 3.05) is 0 Å². The normalized spacial score (nSPS) is 19.8. The van der Waals surface area contributed by atoms with Crippen molar-refractivity contribution in [1.82, 2.24) is 15.0 Å². The fourth-order valence-corrected chi connectivity index (χ4v) is 5.57. The van der Waals surface area contributed by atoms with Crippen molar-refractivity contribution in [3.8, 4) is 17.0 Å². The predicted octanol–water partition coefficient (Wildman–Crippen LogP) is 7.79. The Kier molecular flexibility index (Phi) is 6.04. The molecule has 3 atom stereocenters. The number of nitrogens with zero attached hydrogens (tertiary/aromatic N) is 3. The van der Waals surface area contributed by atoms with Crippen LogP contribution < -0.4 is 4.74 Å². The smallest absolute Gasteiger partial charge is 0.335 e. The maximum Gasteiger partial charge on any atom is 0.335 e. The lowest BCUT2D eigenvalue weighted by atomic mass is 10.0. The Bertz CT molecular complexity index is 1520. The first-order valence-electron chi connectivity index (χ1n) is 12.5. The number of carboxylic acids is 1. The molecule has 0 saturated heterocycles. The Morgan fingerprint density at radius 3 is 2.41 bits per heavy atom. The third kappa shape index (κ3) is 4.81. The lowest BCUT2D eigenvalue weighted by Gasteiger charge is -2.12. The monoisotopic (exact) mass is 554 g/mol. The van der Waals surface area contributed by atoms with Gasteiger partial charge in [0.05, 0.1) is 23.0 Å². The largest absolute Gasteiger partial charge is 0.487 e. The van der Waals surface area contributed by atoms with Gasteiger partial charge in [0.1, 0.15) is 23.7 Å². The van der Waals surface area contributed by atoms with Gasteiger partial charge in [-0.2, -0.15) is 0 Å². The van der Waals surface area contributed by atoms with Gasteiger partial charge in [0.25, 0.3) is 0 Å². The predicted molar refractivity (Wildman–Crippen MR) is 143 cm³/mol. The fraction of sp³-hybridized carbons (Fsp3) is 0.250. The molecule has 0 amide bonds. The van der Waals surface area contributed by atoms with Crippen LogP contribution >= 0.6 is 34.8 Å². The molecule has 188 valence electrons. The van der Waals surface area contributed by atoms with E-state index in [-0.39, 0.29) is 23.4 Å². The minimum Gasteiger partial charge on any atom is -0.487 e. The van der Waals surface area contributed by atoms with Gasteiger partial charge >= 0.3 is 5.97 Å². The van der Waals surface area contributed by atoms with Crippen molar-refractivity contribution in [1.29, 1.82) is 0 Å². The fourth-order valence-electron chi connectivity index (χ4n) is 4.69. The molecule has 2 aliphatic rings. The van der Waals surface area contributed by atoms with Gasteiger partial charge in [-0.05, 0) is 78.6 Å². The van der Waals surface area contributed by atoms with E-state index < -0.39 is 12.6 Å². The summed E-state index contributed by atoms with van der Waals surface area (Å²) in [4.78, 5) is 11.1. The van der Waals surface area contributed by atoms with E-state index in [4.69, 9.17) is 46.0 Å². The third-order valence-electron chi connectivity index (χ3n) is 6.88. The average Bonchev–Trinajstić information content (AvgIpc) is 3.82. The van der Waals surface area contributed by atoms with E-state index >= 15 is 0 Å². The van der Waals surface area contributed by atoms with Gasteiger partial charge < -0.3 is 9.84 Å². The molecule has 6 nitrogen and oxygen atoms in total. The molecule has 0 spiro atoms. The number of rotatable bonds is 8. The molecule has 3 unspecified atom stereocenters. The molecule has 1 aromatic heterocycles. The topological polar surface area (TPSA) is 77.2 Å². The Morgan fingerprint density at radius 1 is 1.03 bits per heavy atom. The summed E-state index contributed by atoms with van der Waals surface area (Å²) in [7, 11) is 0. The number of aromatic carboxylic acids is 1. The first kappa shape index (κ1) is 23.1. The molecule has 37 heavy (non-hydrogen) atoms. The lowest BCUT2D eigenvalue weighted by Crippen LogP contribution is -2.07. The quantitative estimate of drug-likeness (QED) is 0.240. The summed E-state index contributed by atoms with van der Waals surface area (Å²) in [6.45, 7) is -1.13. The van der Waals surface area contributed by atoms with E-state index in [2.05, 4.69) is 10.3 Å². The molecule has 2 saturated carbocycles. The van der Waals surface area contributed by atoms with Gasteiger partial charge in [-0.1, -0.05) is 64.3 Å². The number of hydrogen-bond donors (Lipinski definition) is 1. The Morgan fingerprint density at radius 2 is 1.76 bits per heavy atom. The molecule has 3 aromatic carbocycles. The molecule has 6 rings (SSSR count). The standard InChI is InChI=1S/C28H22Cl3N3O3/c29-22-2-1-3-23(30)26(22)27-25(34(33-32-27)17-8-9-17)14-37-18-10-11-19(24(31)12-18)21-13-20(21)15-4-6-16(7-5-15)28(35)36/h1-7,10-12,17,20-21H,8-9,13-14H2,(H,35,36)/i14D. The number of halogens is 3. The van der Waals surface area contributed by atoms with Crippen LogP contribution in [0.1, 0.15) is 65.7 Å². The van der Waals surface area contributed by atoms with Crippen LogP contribution in [0.4, 0.5) is 0 Å². The summed E-state index contributed by atoms with van der Waals surface area (Å²) >= 11 is 19.6. The molecule has 2 aliphatic carbocycles. The number of aromatic nitrogens is 3. The minimum absolute atomic E-state index is 0.172. The van der Waals surface area contributed by atoms with Crippen LogP contribution in [0.25, 0.3) is 11.3 Å². The van der Waals surface area contributed by atoms with Crippen molar-refractivity contribution in [2.24, 2.45) is 0 Å². The summed E-state index contributed by atoms with van der Waals surface area (Å²) in [5.41, 5.74) is 3.83. The first-order chi connectivity index (χ1) is 18.3. The number of ether oxygens (including phenoxy) is 1. The molecule has 1 heterocycles. The van der Waals surface area contributed by atoms with Crippen molar-refractivity contribution >= 4 is 40.8 Å². The van der Waals surface area contributed by atoms with Crippen molar-refractivity contribution < 1.29 is 16.0 Å². The van der Waals surface area contributed by atoms with E-state index in [9.17, 15) is 4.79 Å². The summed E-state index contributed by atoms with van der Waals surface area (Å²) in [6, 6.07) is 17.9. The Hall–Kier alpha value is -3.06. The van der Waals surface area contributed by atoms with Crippen molar-refractivity contribution in [2.45, 2.75) is 43.7 Å². The van der Waals surface area contributed by atoms with Crippen LogP contribution in [0.2, 0.25) is 15.1 Å². The zero-order valence-electron chi connectivity index (χ0n) is 20.4. The first-order valence-corrected chi connectivity index (χ1v) is 13.1. The maximum atomic E-state index is 11.1. The summed E-state index contributed by atoms with van der Waals surface area (Å²) in [5.74, 6) is 0.0520. The molecule has 0 radical (unpaired) electrons. The second-order valence-electron chi connectivity index (χ2n) is 9.39. The van der Waals surface area contributed by atoms with E-state index in [1.807, 2.05) is 24.3 Å². The Labute approximate surface area is 230 Å². The van der Waals surface area contributed by atoms with Crippen molar-refractivity contribution in [3.05, 3.63) is 98.1 Å². The van der Waals surface area contributed by atoms with Crippen LogP contribution in [0.15, 0.2) is 60.7 Å². The lowest BCUT2D eigenvalue weighted by molar-refractivity contribution is 0.0697. The highest BCUT2D eigenvalue weighted by Gasteiger charge is 2.40. The van der Waals surface area contributed by atoms with E-state index in [1.54, 1.807) is 41.1 Å². The number of carboxylic acid groups (broad SMARTS) is 1. The second-order valence-corrected chi connectivity index (χ2v) is 10.6. The van der Waals surface area contributed by atoms with Crippen LogP contribution in [-0.2, 0) is 6.58 Å². The van der Waals surface area contributed by atoms with E-state index in [0.29, 0.717) is 37.8 Å². The molecule has 9 heteroatoms. The molecule has 0 bridgehead atoms. The number of carbonyl (C=O) groups is 1. The van der Waals surface area contributed by atoms with Gasteiger partial charge in [-0.25, -0.2) is 9.48 Å². The number of benzene rings is 3. The van der Waals surface area contributed by atoms with Crippen LogP contribution in [0.5, 0.6) is 5.75 Å². The zero-order chi connectivity index (χ0) is 26.6. The van der Waals surface area contributed by atoms with Gasteiger partial charge in [-0.15, -0.1) is 5.10 Å².